The molecule has 0 heterocycles. The minimum atomic E-state index is -0.293. The average molecular weight is 233 g/mol. The van der Waals surface area contributed by atoms with Gasteiger partial charge in [-0.05, 0) is 25.0 Å². The highest BCUT2D eigenvalue weighted by molar-refractivity contribution is 5.90. The predicted octanol–water partition coefficient (Wildman–Crippen LogP) is 2.53. The van der Waals surface area contributed by atoms with Gasteiger partial charge >= 0.3 is 5.97 Å². The second-order valence-electron chi connectivity index (χ2n) is 3.96. The first kappa shape index (κ1) is 13.5. The maximum absolute atomic E-state index is 11.5. The van der Waals surface area contributed by atoms with Crippen LogP contribution in [0.1, 0.15) is 29.3 Å². The summed E-state index contributed by atoms with van der Waals surface area (Å²) < 4.78 is 4.75. The number of benzene rings is 1. The van der Waals surface area contributed by atoms with E-state index in [1.807, 2.05) is 24.3 Å². The van der Waals surface area contributed by atoms with Crippen LogP contribution in [0.25, 0.3) is 0 Å². The Kier molecular flexibility index (Phi) is 5.43. The molecule has 1 aromatic rings. The van der Waals surface area contributed by atoms with Gasteiger partial charge in [0, 0.05) is 12.6 Å². The summed E-state index contributed by atoms with van der Waals surface area (Å²) in [6, 6.07) is 7.81. The number of ether oxygens (including phenoxy) is 1. The van der Waals surface area contributed by atoms with Crippen LogP contribution in [-0.2, 0) is 11.3 Å². The third kappa shape index (κ3) is 4.04. The summed E-state index contributed by atoms with van der Waals surface area (Å²) in [5, 5.41) is 3.34. The minimum Gasteiger partial charge on any atom is -0.465 e. The number of methoxy groups -OCH3 is 1. The van der Waals surface area contributed by atoms with Gasteiger partial charge in [0.05, 0.1) is 12.7 Å². The van der Waals surface area contributed by atoms with E-state index in [1.165, 1.54) is 7.11 Å². The maximum Gasteiger partial charge on any atom is 0.338 e. The molecule has 17 heavy (non-hydrogen) atoms. The predicted molar refractivity (Wildman–Crippen MR) is 68.9 cm³/mol. The molecule has 1 aromatic carbocycles. The molecule has 3 heteroatoms. The molecule has 3 nitrogen and oxygen atoms in total. The quantitative estimate of drug-likeness (QED) is 0.606. The Balaban J connectivity index is 2.70. The average Bonchev–Trinajstić information content (AvgIpc) is 2.36. The van der Waals surface area contributed by atoms with E-state index in [0.29, 0.717) is 18.2 Å². The highest BCUT2D eigenvalue weighted by atomic mass is 16.5. The summed E-state index contributed by atoms with van der Waals surface area (Å²) in [5.41, 5.74) is 1.57. The summed E-state index contributed by atoms with van der Waals surface area (Å²) in [6.45, 7) is 6.44. The fourth-order valence-electron chi connectivity index (χ4n) is 1.60. The molecule has 0 bridgehead atoms. The Morgan fingerprint density at radius 2 is 2.24 bits per heavy atom. The Morgan fingerprint density at radius 3 is 2.88 bits per heavy atom. The molecule has 1 unspecified atom stereocenters. The van der Waals surface area contributed by atoms with Gasteiger partial charge in [0.1, 0.15) is 0 Å². The van der Waals surface area contributed by atoms with E-state index in [4.69, 9.17) is 4.74 Å². The van der Waals surface area contributed by atoms with Gasteiger partial charge in [-0.1, -0.05) is 24.3 Å². The van der Waals surface area contributed by atoms with Crippen molar-refractivity contribution >= 4 is 5.97 Å². The van der Waals surface area contributed by atoms with Crippen LogP contribution < -0.4 is 5.32 Å². The SMILES string of the molecule is C=CCC(C)NCc1ccccc1C(=O)OC. The number of hydrogen-bond acceptors (Lipinski definition) is 3. The van der Waals surface area contributed by atoms with Gasteiger partial charge in [0.25, 0.3) is 0 Å². The van der Waals surface area contributed by atoms with Crippen LogP contribution in [0, 0.1) is 0 Å². The smallest absolute Gasteiger partial charge is 0.338 e. The topological polar surface area (TPSA) is 38.3 Å². The minimum absolute atomic E-state index is 0.293. The Labute approximate surface area is 102 Å². The van der Waals surface area contributed by atoms with Crippen LogP contribution in [0.3, 0.4) is 0 Å². The Hall–Kier alpha value is -1.61. The summed E-state index contributed by atoms with van der Waals surface area (Å²) in [4.78, 5) is 11.5. The molecular weight excluding hydrogens is 214 g/mol. The summed E-state index contributed by atoms with van der Waals surface area (Å²) >= 11 is 0. The van der Waals surface area contributed by atoms with E-state index in [0.717, 1.165) is 12.0 Å². The van der Waals surface area contributed by atoms with Crippen LogP contribution in [0.2, 0.25) is 0 Å². The second-order valence-corrected chi connectivity index (χ2v) is 3.96. The van der Waals surface area contributed by atoms with Crippen LogP contribution in [0.5, 0.6) is 0 Å². The molecule has 1 rings (SSSR count). The number of esters is 1. The first-order valence-electron chi connectivity index (χ1n) is 5.69. The summed E-state index contributed by atoms with van der Waals surface area (Å²) in [5.74, 6) is -0.293. The highest BCUT2D eigenvalue weighted by Crippen LogP contribution is 2.10. The van der Waals surface area contributed by atoms with Crippen LogP contribution in [0.4, 0.5) is 0 Å². The van der Waals surface area contributed by atoms with Crippen molar-refractivity contribution in [3.63, 3.8) is 0 Å². The van der Waals surface area contributed by atoms with E-state index >= 15 is 0 Å². The van der Waals surface area contributed by atoms with E-state index in [1.54, 1.807) is 6.07 Å². The van der Waals surface area contributed by atoms with E-state index in [-0.39, 0.29) is 5.97 Å². The fourth-order valence-corrected chi connectivity index (χ4v) is 1.60. The molecule has 0 aliphatic carbocycles. The van der Waals surface area contributed by atoms with Crippen molar-refractivity contribution in [2.45, 2.75) is 25.9 Å². The zero-order valence-electron chi connectivity index (χ0n) is 10.4. The van der Waals surface area contributed by atoms with Gasteiger partial charge in [0.2, 0.25) is 0 Å². The normalized spacial score (nSPS) is 11.9. The zero-order valence-corrected chi connectivity index (χ0v) is 10.4. The number of rotatable bonds is 6. The molecule has 0 aliphatic rings. The summed E-state index contributed by atoms with van der Waals surface area (Å²) in [6.07, 6.45) is 2.78. The lowest BCUT2D eigenvalue weighted by atomic mass is 10.1. The van der Waals surface area contributed by atoms with Gasteiger partial charge < -0.3 is 10.1 Å². The van der Waals surface area contributed by atoms with Crippen molar-refractivity contribution in [3.05, 3.63) is 48.0 Å². The number of hydrogen-bond donors (Lipinski definition) is 1. The lowest BCUT2D eigenvalue weighted by Crippen LogP contribution is -2.25. The first-order valence-corrected chi connectivity index (χ1v) is 5.69. The third-order valence-corrected chi connectivity index (χ3v) is 2.58. The first-order chi connectivity index (χ1) is 8.19. The third-order valence-electron chi connectivity index (χ3n) is 2.58. The molecule has 1 atom stereocenters. The molecule has 0 aliphatic heterocycles. The van der Waals surface area contributed by atoms with Gasteiger partial charge in [0.15, 0.2) is 0 Å². The lowest BCUT2D eigenvalue weighted by molar-refractivity contribution is 0.0599. The van der Waals surface area contributed by atoms with Crippen LogP contribution >= 0.6 is 0 Å². The van der Waals surface area contributed by atoms with E-state index < -0.39 is 0 Å². The molecule has 0 aromatic heterocycles. The maximum atomic E-state index is 11.5. The molecule has 1 N–H and O–H groups in total. The second kappa shape index (κ2) is 6.86. The molecule has 0 saturated heterocycles. The van der Waals surface area contributed by atoms with Crippen molar-refractivity contribution in [3.8, 4) is 0 Å². The Bertz CT molecular complexity index is 388. The van der Waals surface area contributed by atoms with E-state index in [9.17, 15) is 4.79 Å². The largest absolute Gasteiger partial charge is 0.465 e. The van der Waals surface area contributed by atoms with Crippen molar-refractivity contribution in [2.75, 3.05) is 7.11 Å². The standard InChI is InChI=1S/C14H19NO2/c1-4-7-11(2)15-10-12-8-5-6-9-13(12)14(16)17-3/h4-6,8-9,11,15H,1,7,10H2,2-3H3. The Morgan fingerprint density at radius 1 is 1.53 bits per heavy atom. The van der Waals surface area contributed by atoms with Crippen LogP contribution in [-0.4, -0.2) is 19.1 Å². The van der Waals surface area contributed by atoms with E-state index in [2.05, 4.69) is 18.8 Å². The monoisotopic (exact) mass is 233 g/mol. The molecule has 0 spiro atoms. The molecule has 0 amide bonds. The molecule has 0 saturated carbocycles. The number of carbonyl (C=O) groups is 1. The fraction of sp³-hybridized carbons (Fsp3) is 0.357. The van der Waals surface area contributed by atoms with Crippen LogP contribution in [0.15, 0.2) is 36.9 Å². The van der Waals surface area contributed by atoms with Gasteiger partial charge in [-0.25, -0.2) is 4.79 Å². The number of nitrogens with one attached hydrogen (secondary N) is 1. The summed E-state index contributed by atoms with van der Waals surface area (Å²) in [7, 11) is 1.40. The molecule has 0 fully saturated rings. The molecule has 92 valence electrons. The lowest BCUT2D eigenvalue weighted by Gasteiger charge is -2.13. The van der Waals surface area contributed by atoms with Crippen molar-refractivity contribution in [1.82, 2.24) is 5.32 Å². The van der Waals surface area contributed by atoms with Crippen molar-refractivity contribution < 1.29 is 9.53 Å². The highest BCUT2D eigenvalue weighted by Gasteiger charge is 2.10. The van der Waals surface area contributed by atoms with Gasteiger partial charge in [-0.3, -0.25) is 0 Å². The molecule has 0 radical (unpaired) electrons. The zero-order chi connectivity index (χ0) is 12.7. The molecular formula is C14H19NO2. The van der Waals surface area contributed by atoms with Gasteiger partial charge in [-0.15, -0.1) is 6.58 Å². The van der Waals surface area contributed by atoms with Gasteiger partial charge in [-0.2, -0.15) is 0 Å². The number of carbonyl (C=O) groups excluding carboxylic acids is 1. The van der Waals surface area contributed by atoms with Crippen molar-refractivity contribution in [1.29, 1.82) is 0 Å². The van der Waals surface area contributed by atoms with Crippen molar-refractivity contribution in [2.24, 2.45) is 0 Å².